The van der Waals surface area contributed by atoms with Crippen molar-refractivity contribution in [1.82, 2.24) is 10.2 Å². The lowest BCUT2D eigenvalue weighted by Gasteiger charge is -2.31. The highest BCUT2D eigenvalue weighted by molar-refractivity contribution is 8.15. The number of thioether (sulfide) groups is 1. The van der Waals surface area contributed by atoms with Crippen molar-refractivity contribution in [3.8, 4) is 5.75 Å². The number of benzene rings is 2. The monoisotopic (exact) mass is 415 g/mol. The fourth-order valence-corrected chi connectivity index (χ4v) is 4.07. The van der Waals surface area contributed by atoms with Gasteiger partial charge in [-0.2, -0.15) is 0 Å². The van der Waals surface area contributed by atoms with Crippen molar-refractivity contribution in [3.05, 3.63) is 59.9 Å². The molecule has 1 aliphatic rings. The number of halogens is 1. The molecule has 8 heteroatoms. The molecular formula is C21H22FN3O3S. The van der Waals surface area contributed by atoms with Crippen LogP contribution in [-0.2, 0) is 16.0 Å². The number of carbonyl (C=O) groups is 2. The van der Waals surface area contributed by atoms with E-state index in [0.717, 1.165) is 11.3 Å². The average Bonchev–Trinajstić information content (AvgIpc) is 2.74. The van der Waals surface area contributed by atoms with E-state index in [1.54, 1.807) is 31.2 Å². The fourth-order valence-electron chi connectivity index (χ4n) is 2.88. The van der Waals surface area contributed by atoms with Crippen LogP contribution >= 0.6 is 11.8 Å². The number of methoxy groups -OCH3 is 1. The Labute approximate surface area is 173 Å². The van der Waals surface area contributed by atoms with Crippen molar-refractivity contribution in [1.29, 1.82) is 0 Å². The Morgan fingerprint density at radius 2 is 1.93 bits per heavy atom. The molecule has 2 amide bonds. The molecule has 0 radical (unpaired) electrons. The second kappa shape index (κ2) is 9.56. The van der Waals surface area contributed by atoms with E-state index in [1.807, 2.05) is 24.3 Å². The molecule has 2 aromatic rings. The van der Waals surface area contributed by atoms with Crippen LogP contribution in [0.2, 0.25) is 0 Å². The Hall–Kier alpha value is -2.87. The number of nitrogens with zero attached hydrogens (tertiary/aromatic N) is 2. The van der Waals surface area contributed by atoms with Gasteiger partial charge in [-0.3, -0.25) is 14.5 Å². The zero-order valence-corrected chi connectivity index (χ0v) is 17.0. The Kier molecular flexibility index (Phi) is 6.87. The van der Waals surface area contributed by atoms with Gasteiger partial charge in [0.05, 0.1) is 18.0 Å². The van der Waals surface area contributed by atoms with Gasteiger partial charge in [0.1, 0.15) is 11.6 Å². The number of hydrogen-bond acceptors (Lipinski definition) is 5. The predicted molar refractivity (Wildman–Crippen MR) is 112 cm³/mol. The molecule has 1 fully saturated rings. The molecule has 2 aromatic carbocycles. The number of amidine groups is 1. The Morgan fingerprint density at radius 1 is 1.24 bits per heavy atom. The van der Waals surface area contributed by atoms with Crippen molar-refractivity contribution in [3.63, 3.8) is 0 Å². The molecule has 1 atom stereocenters. The molecule has 0 spiro atoms. The van der Waals surface area contributed by atoms with Gasteiger partial charge in [0.15, 0.2) is 5.17 Å². The van der Waals surface area contributed by atoms with E-state index in [4.69, 9.17) is 4.74 Å². The summed E-state index contributed by atoms with van der Waals surface area (Å²) in [6.45, 7) is 0.429. The molecule has 1 N–H and O–H groups in total. The molecule has 3 rings (SSSR count). The van der Waals surface area contributed by atoms with Gasteiger partial charge in [-0.1, -0.05) is 23.9 Å². The smallest absolute Gasteiger partial charge is 0.233 e. The number of ether oxygens (including phenoxy) is 1. The molecule has 152 valence electrons. The quantitative estimate of drug-likeness (QED) is 0.787. The number of amides is 2. The third-order valence-corrected chi connectivity index (χ3v) is 5.70. The Balaban J connectivity index is 1.81. The molecule has 29 heavy (non-hydrogen) atoms. The van der Waals surface area contributed by atoms with E-state index in [9.17, 15) is 14.0 Å². The predicted octanol–water partition coefficient (Wildman–Crippen LogP) is 3.14. The van der Waals surface area contributed by atoms with Crippen molar-refractivity contribution in [2.24, 2.45) is 4.99 Å². The minimum atomic E-state index is -0.538. The van der Waals surface area contributed by atoms with Gasteiger partial charge < -0.3 is 10.1 Å². The molecule has 0 saturated carbocycles. The van der Waals surface area contributed by atoms with Gasteiger partial charge in [-0.05, 0) is 48.4 Å². The standard InChI is InChI=1S/C21H22FN3O3S/c1-23-20(27)18-13-19(26)25(12-11-14-3-9-17(28-2)10-4-14)21(29-18)24-16-7-5-15(22)6-8-16/h3-10,18H,11-13H2,1-2H3,(H,23,27). The summed E-state index contributed by atoms with van der Waals surface area (Å²) < 4.78 is 18.4. The van der Waals surface area contributed by atoms with Crippen molar-refractivity contribution in [2.75, 3.05) is 20.7 Å². The number of aliphatic imine (C=N–C) groups is 1. The maximum absolute atomic E-state index is 13.2. The first-order valence-electron chi connectivity index (χ1n) is 9.16. The van der Waals surface area contributed by atoms with Crippen LogP contribution in [0, 0.1) is 5.82 Å². The molecule has 1 unspecified atom stereocenters. The molecule has 1 saturated heterocycles. The molecule has 0 aromatic heterocycles. The summed E-state index contributed by atoms with van der Waals surface area (Å²) in [7, 11) is 3.15. The van der Waals surface area contributed by atoms with Gasteiger partial charge in [0, 0.05) is 20.0 Å². The van der Waals surface area contributed by atoms with Crippen molar-refractivity contribution < 1.29 is 18.7 Å². The second-order valence-corrected chi connectivity index (χ2v) is 7.61. The molecule has 1 aliphatic heterocycles. The molecular weight excluding hydrogens is 393 g/mol. The Bertz CT molecular complexity index is 900. The van der Waals surface area contributed by atoms with Crippen LogP contribution in [-0.4, -0.2) is 47.8 Å². The summed E-state index contributed by atoms with van der Waals surface area (Å²) in [6.07, 6.45) is 0.735. The van der Waals surface area contributed by atoms with Gasteiger partial charge in [0.25, 0.3) is 0 Å². The van der Waals surface area contributed by atoms with Crippen molar-refractivity contribution >= 4 is 34.4 Å². The van der Waals surface area contributed by atoms with Crippen LogP contribution in [0.4, 0.5) is 10.1 Å². The van der Waals surface area contributed by atoms with E-state index >= 15 is 0 Å². The summed E-state index contributed by atoms with van der Waals surface area (Å²) in [5.41, 5.74) is 1.58. The van der Waals surface area contributed by atoms with Crippen LogP contribution in [0.15, 0.2) is 53.5 Å². The first kappa shape index (κ1) is 20.9. The molecule has 0 aliphatic carbocycles. The third kappa shape index (κ3) is 5.35. The van der Waals surface area contributed by atoms with Crippen LogP contribution < -0.4 is 10.1 Å². The summed E-state index contributed by atoms with van der Waals surface area (Å²) >= 11 is 1.25. The normalized spacial score (nSPS) is 18.0. The zero-order valence-electron chi connectivity index (χ0n) is 16.2. The topological polar surface area (TPSA) is 71.0 Å². The number of nitrogens with one attached hydrogen (secondary N) is 1. The highest BCUT2D eigenvalue weighted by Crippen LogP contribution is 2.29. The van der Waals surface area contributed by atoms with Gasteiger partial charge in [0.2, 0.25) is 11.8 Å². The van der Waals surface area contributed by atoms with E-state index in [-0.39, 0.29) is 24.1 Å². The zero-order chi connectivity index (χ0) is 20.8. The highest BCUT2D eigenvalue weighted by atomic mass is 32.2. The molecule has 6 nitrogen and oxygen atoms in total. The Morgan fingerprint density at radius 3 is 2.55 bits per heavy atom. The first-order valence-corrected chi connectivity index (χ1v) is 10.0. The largest absolute Gasteiger partial charge is 0.497 e. The second-order valence-electron chi connectivity index (χ2n) is 6.44. The fraction of sp³-hybridized carbons (Fsp3) is 0.286. The average molecular weight is 415 g/mol. The lowest BCUT2D eigenvalue weighted by atomic mass is 10.1. The number of carbonyl (C=O) groups excluding carboxylic acids is 2. The lowest BCUT2D eigenvalue weighted by Crippen LogP contribution is -2.46. The summed E-state index contributed by atoms with van der Waals surface area (Å²) in [5, 5.41) is 2.49. The van der Waals surface area contributed by atoms with Gasteiger partial charge in [-0.15, -0.1) is 0 Å². The van der Waals surface area contributed by atoms with Gasteiger partial charge >= 0.3 is 0 Å². The maximum Gasteiger partial charge on any atom is 0.233 e. The number of rotatable bonds is 6. The number of hydrogen-bond donors (Lipinski definition) is 1. The maximum atomic E-state index is 13.2. The van der Waals surface area contributed by atoms with E-state index in [0.29, 0.717) is 23.8 Å². The molecule has 1 heterocycles. The third-order valence-electron chi connectivity index (χ3n) is 4.51. The van der Waals surface area contributed by atoms with Crippen LogP contribution in [0.25, 0.3) is 0 Å². The minimum Gasteiger partial charge on any atom is -0.497 e. The SMILES string of the molecule is CNC(=O)C1CC(=O)N(CCc2ccc(OC)cc2)C(=Nc2ccc(F)cc2)S1. The molecule has 0 bridgehead atoms. The minimum absolute atomic E-state index is 0.107. The van der Waals surface area contributed by atoms with Crippen LogP contribution in [0.5, 0.6) is 5.75 Å². The van der Waals surface area contributed by atoms with Crippen molar-refractivity contribution in [2.45, 2.75) is 18.1 Å². The van der Waals surface area contributed by atoms with Gasteiger partial charge in [-0.25, -0.2) is 9.38 Å². The highest BCUT2D eigenvalue weighted by Gasteiger charge is 2.35. The van der Waals surface area contributed by atoms with E-state index in [1.165, 1.54) is 23.9 Å². The first-order chi connectivity index (χ1) is 14.0. The van der Waals surface area contributed by atoms with Crippen LogP contribution in [0.1, 0.15) is 12.0 Å². The summed E-state index contributed by atoms with van der Waals surface area (Å²) in [5.74, 6) is 0.0305. The summed E-state index contributed by atoms with van der Waals surface area (Å²) in [4.78, 5) is 31.0. The van der Waals surface area contributed by atoms with Crippen LogP contribution in [0.3, 0.4) is 0 Å². The van der Waals surface area contributed by atoms with E-state index < -0.39 is 5.25 Å². The van der Waals surface area contributed by atoms with E-state index in [2.05, 4.69) is 10.3 Å². The summed E-state index contributed by atoms with van der Waals surface area (Å²) in [6, 6.07) is 13.3. The lowest BCUT2D eigenvalue weighted by molar-refractivity contribution is -0.130.